The molecule has 0 fully saturated rings. The van der Waals surface area contributed by atoms with Crippen LogP contribution in [0.3, 0.4) is 0 Å². The summed E-state index contributed by atoms with van der Waals surface area (Å²) in [6, 6.07) is 25.4. The molecule has 6 nitrogen and oxygen atoms in total. The summed E-state index contributed by atoms with van der Waals surface area (Å²) in [4.78, 5) is 13.4. The summed E-state index contributed by atoms with van der Waals surface area (Å²) in [5.41, 5.74) is 4.53. The van der Waals surface area contributed by atoms with Gasteiger partial charge in [-0.05, 0) is 47.5 Å². The van der Waals surface area contributed by atoms with Crippen molar-refractivity contribution in [3.05, 3.63) is 90.3 Å². The lowest BCUT2D eigenvalue weighted by Gasteiger charge is -2.07. The van der Waals surface area contributed by atoms with E-state index in [4.69, 9.17) is 0 Å². The average molecular weight is 426 g/mol. The Kier molecular flexibility index (Phi) is 5.01. The van der Waals surface area contributed by atoms with Gasteiger partial charge in [0.25, 0.3) is 5.91 Å². The number of carbonyl (C=O) groups excluding carboxylic acids is 1. The van der Waals surface area contributed by atoms with Crippen LogP contribution in [0.1, 0.15) is 23.1 Å². The third kappa shape index (κ3) is 3.83. The van der Waals surface area contributed by atoms with Crippen LogP contribution in [0.5, 0.6) is 0 Å². The van der Waals surface area contributed by atoms with Gasteiger partial charge < -0.3 is 5.32 Å². The fourth-order valence-electron chi connectivity index (χ4n) is 3.34. The van der Waals surface area contributed by atoms with Gasteiger partial charge in [0.15, 0.2) is 5.82 Å². The molecule has 152 valence electrons. The van der Waals surface area contributed by atoms with Gasteiger partial charge in [0, 0.05) is 23.2 Å². The zero-order valence-electron chi connectivity index (χ0n) is 16.8. The van der Waals surface area contributed by atoms with Gasteiger partial charge in [-0.3, -0.25) is 4.79 Å². The molecular formula is C24H19N5OS. The molecule has 2 aromatic heterocycles. The Balaban J connectivity index is 1.29. The van der Waals surface area contributed by atoms with E-state index in [9.17, 15) is 4.79 Å². The summed E-state index contributed by atoms with van der Waals surface area (Å²) >= 11 is 1.49. The molecule has 0 radical (unpaired) electrons. The highest BCUT2D eigenvalue weighted by Crippen LogP contribution is 2.27. The van der Waals surface area contributed by atoms with Gasteiger partial charge in [0.05, 0.1) is 0 Å². The van der Waals surface area contributed by atoms with E-state index in [1.54, 1.807) is 4.52 Å². The van der Waals surface area contributed by atoms with Gasteiger partial charge >= 0.3 is 0 Å². The van der Waals surface area contributed by atoms with Gasteiger partial charge in [0.2, 0.25) is 4.96 Å². The van der Waals surface area contributed by atoms with Crippen LogP contribution in [0.25, 0.3) is 26.7 Å². The molecule has 0 spiro atoms. The predicted molar refractivity (Wildman–Crippen MR) is 123 cm³/mol. The number of rotatable bonds is 5. The van der Waals surface area contributed by atoms with Crippen molar-refractivity contribution < 1.29 is 4.79 Å². The SMILES string of the molecule is CCc1nnc2sc(-c3ccc(NC(=O)c4ccc(-c5ccccc5)cc4)cc3)nn12. The van der Waals surface area contributed by atoms with E-state index in [-0.39, 0.29) is 5.91 Å². The van der Waals surface area contributed by atoms with Gasteiger partial charge in [-0.1, -0.05) is 60.7 Å². The zero-order valence-corrected chi connectivity index (χ0v) is 17.6. The number of carbonyl (C=O) groups is 1. The fraction of sp³-hybridized carbons (Fsp3) is 0.0833. The molecule has 7 heteroatoms. The fourth-order valence-corrected chi connectivity index (χ4v) is 4.20. The van der Waals surface area contributed by atoms with E-state index in [1.165, 1.54) is 11.3 Å². The normalized spacial score (nSPS) is 11.0. The number of fused-ring (bicyclic) bond motifs is 1. The van der Waals surface area contributed by atoms with E-state index in [2.05, 4.69) is 32.7 Å². The van der Waals surface area contributed by atoms with Crippen molar-refractivity contribution in [1.82, 2.24) is 19.8 Å². The predicted octanol–water partition coefficient (Wildman–Crippen LogP) is 5.33. The zero-order chi connectivity index (χ0) is 21.2. The second kappa shape index (κ2) is 8.12. The first-order valence-electron chi connectivity index (χ1n) is 9.99. The Morgan fingerprint density at radius 3 is 2.26 bits per heavy atom. The standard InChI is InChI=1S/C24H19N5OS/c1-2-21-26-27-24-29(21)28-23(31-24)19-12-14-20(15-13-19)25-22(30)18-10-8-17(9-11-18)16-6-4-3-5-7-16/h3-15H,2H2,1H3,(H,25,30). The summed E-state index contributed by atoms with van der Waals surface area (Å²) in [7, 11) is 0. The summed E-state index contributed by atoms with van der Waals surface area (Å²) in [5.74, 6) is 0.707. The second-order valence-electron chi connectivity index (χ2n) is 7.05. The lowest BCUT2D eigenvalue weighted by Crippen LogP contribution is -2.11. The van der Waals surface area contributed by atoms with Crippen LogP contribution in [-0.4, -0.2) is 25.7 Å². The molecule has 0 aliphatic heterocycles. The van der Waals surface area contributed by atoms with Gasteiger partial charge in [-0.2, -0.15) is 9.61 Å². The quantitative estimate of drug-likeness (QED) is 0.413. The largest absolute Gasteiger partial charge is 0.322 e. The second-order valence-corrected chi connectivity index (χ2v) is 8.00. The maximum Gasteiger partial charge on any atom is 0.255 e. The summed E-state index contributed by atoms with van der Waals surface area (Å²) < 4.78 is 1.79. The number of aromatic nitrogens is 4. The molecule has 0 unspecified atom stereocenters. The lowest BCUT2D eigenvalue weighted by molar-refractivity contribution is 0.102. The average Bonchev–Trinajstić information content (AvgIpc) is 3.41. The van der Waals surface area contributed by atoms with E-state index in [1.807, 2.05) is 73.7 Å². The van der Waals surface area contributed by atoms with Gasteiger partial charge in [-0.15, -0.1) is 10.2 Å². The molecule has 0 bridgehead atoms. The summed E-state index contributed by atoms with van der Waals surface area (Å²) in [6.07, 6.45) is 0.779. The number of hydrogen-bond donors (Lipinski definition) is 1. The smallest absolute Gasteiger partial charge is 0.255 e. The molecule has 0 saturated heterocycles. The molecule has 31 heavy (non-hydrogen) atoms. The molecule has 0 atom stereocenters. The number of benzene rings is 3. The lowest BCUT2D eigenvalue weighted by atomic mass is 10.0. The van der Waals surface area contributed by atoms with Crippen LogP contribution in [-0.2, 0) is 6.42 Å². The van der Waals surface area contributed by atoms with Gasteiger partial charge in [-0.25, -0.2) is 0 Å². The highest BCUT2D eigenvalue weighted by atomic mass is 32.1. The number of nitrogens with zero attached hydrogens (tertiary/aromatic N) is 4. The van der Waals surface area contributed by atoms with Crippen molar-refractivity contribution in [2.75, 3.05) is 5.32 Å². The van der Waals surface area contributed by atoms with Crippen LogP contribution in [0.2, 0.25) is 0 Å². The van der Waals surface area contributed by atoms with E-state index >= 15 is 0 Å². The monoisotopic (exact) mass is 425 g/mol. The number of hydrogen-bond acceptors (Lipinski definition) is 5. The topological polar surface area (TPSA) is 72.2 Å². The summed E-state index contributed by atoms with van der Waals surface area (Å²) in [5, 5.41) is 16.7. The van der Waals surface area contributed by atoms with Crippen molar-refractivity contribution in [2.45, 2.75) is 13.3 Å². The van der Waals surface area contributed by atoms with Crippen molar-refractivity contribution in [1.29, 1.82) is 0 Å². The Morgan fingerprint density at radius 2 is 1.55 bits per heavy atom. The molecule has 5 rings (SSSR count). The first-order valence-corrected chi connectivity index (χ1v) is 10.8. The number of anilines is 1. The Labute approximate surface area is 183 Å². The molecule has 0 aliphatic carbocycles. The minimum absolute atomic E-state index is 0.140. The summed E-state index contributed by atoms with van der Waals surface area (Å²) in [6.45, 7) is 2.03. The van der Waals surface area contributed by atoms with Crippen molar-refractivity contribution >= 4 is 27.9 Å². The molecule has 0 saturated carbocycles. The molecular weight excluding hydrogens is 406 g/mol. The highest BCUT2D eigenvalue weighted by Gasteiger charge is 2.12. The van der Waals surface area contributed by atoms with Crippen molar-refractivity contribution in [3.8, 4) is 21.7 Å². The molecule has 1 amide bonds. The van der Waals surface area contributed by atoms with Crippen LogP contribution < -0.4 is 5.32 Å². The molecule has 3 aromatic carbocycles. The maximum atomic E-state index is 12.6. The van der Waals surface area contributed by atoms with Crippen LogP contribution >= 0.6 is 11.3 Å². The highest BCUT2D eigenvalue weighted by molar-refractivity contribution is 7.19. The Morgan fingerprint density at radius 1 is 0.871 bits per heavy atom. The molecule has 0 aliphatic rings. The van der Waals surface area contributed by atoms with Crippen molar-refractivity contribution in [2.24, 2.45) is 0 Å². The first kappa shape index (κ1) is 19.1. The van der Waals surface area contributed by atoms with Crippen LogP contribution in [0.4, 0.5) is 5.69 Å². The Hall–Kier alpha value is -3.84. The Bertz CT molecular complexity index is 1340. The van der Waals surface area contributed by atoms with E-state index in [0.717, 1.165) is 44.6 Å². The third-order valence-electron chi connectivity index (χ3n) is 5.02. The first-order chi connectivity index (χ1) is 15.2. The number of nitrogens with one attached hydrogen (secondary N) is 1. The van der Waals surface area contributed by atoms with E-state index in [0.29, 0.717) is 5.56 Å². The molecule has 1 N–H and O–H groups in total. The minimum Gasteiger partial charge on any atom is -0.322 e. The maximum absolute atomic E-state index is 12.6. The minimum atomic E-state index is -0.140. The molecule has 2 heterocycles. The van der Waals surface area contributed by atoms with Gasteiger partial charge in [0.1, 0.15) is 5.01 Å². The van der Waals surface area contributed by atoms with E-state index < -0.39 is 0 Å². The number of aryl methyl sites for hydroxylation is 1. The van der Waals surface area contributed by atoms with Crippen LogP contribution in [0.15, 0.2) is 78.9 Å². The van der Waals surface area contributed by atoms with Crippen LogP contribution in [0, 0.1) is 0 Å². The third-order valence-corrected chi connectivity index (χ3v) is 5.96. The number of amides is 1. The van der Waals surface area contributed by atoms with Crippen molar-refractivity contribution in [3.63, 3.8) is 0 Å². The molecule has 5 aromatic rings.